The van der Waals surface area contributed by atoms with Crippen LogP contribution in [0.4, 0.5) is 0 Å². The molecule has 2 aromatic rings. The summed E-state index contributed by atoms with van der Waals surface area (Å²) < 4.78 is 21.4. The fourth-order valence-electron chi connectivity index (χ4n) is 1.62. The van der Waals surface area contributed by atoms with E-state index in [1.54, 1.807) is 0 Å². The quantitative estimate of drug-likeness (QED) is 0.381. The van der Waals surface area contributed by atoms with Gasteiger partial charge in [-0.05, 0) is 24.3 Å². The van der Waals surface area contributed by atoms with Gasteiger partial charge in [-0.15, -0.1) is 0 Å². The van der Waals surface area contributed by atoms with Gasteiger partial charge in [0, 0.05) is 0 Å². The summed E-state index contributed by atoms with van der Waals surface area (Å²) in [6.45, 7) is 1.42. The van der Waals surface area contributed by atoms with Crippen molar-refractivity contribution in [3.8, 4) is 11.5 Å². The molecule has 0 amide bonds. The molecule has 116 valence electrons. The predicted molar refractivity (Wildman–Crippen MR) is 84.9 cm³/mol. The monoisotopic (exact) mass is 300 g/mol. The zero-order valence-corrected chi connectivity index (χ0v) is 12.4. The van der Waals surface area contributed by atoms with Gasteiger partial charge in [-0.1, -0.05) is 48.6 Å². The molecule has 0 aromatic heterocycles. The van der Waals surface area contributed by atoms with Gasteiger partial charge in [0.05, 0.1) is 13.2 Å². The van der Waals surface area contributed by atoms with Gasteiger partial charge >= 0.3 is 0 Å². The van der Waals surface area contributed by atoms with Crippen molar-refractivity contribution < 1.29 is 18.9 Å². The smallest absolute Gasteiger partial charge is 0.189 e. The van der Waals surface area contributed by atoms with Crippen molar-refractivity contribution in [3.63, 3.8) is 0 Å². The molecule has 0 radical (unpaired) electrons. The Hall–Kier alpha value is -2.30. The highest BCUT2D eigenvalue weighted by atomic mass is 16.7. The molecule has 22 heavy (non-hydrogen) atoms. The molecule has 0 saturated carbocycles. The normalized spacial score (nSPS) is 10.7. The molecule has 0 spiro atoms. The van der Waals surface area contributed by atoms with Crippen molar-refractivity contribution in [3.05, 3.63) is 72.8 Å². The lowest BCUT2D eigenvalue weighted by molar-refractivity contribution is 0.0258. The largest absolute Gasteiger partial charge is 0.468 e. The van der Waals surface area contributed by atoms with Crippen molar-refractivity contribution in [2.45, 2.75) is 0 Å². The Balaban J connectivity index is 1.43. The van der Waals surface area contributed by atoms with Gasteiger partial charge in [-0.25, -0.2) is 0 Å². The second kappa shape index (κ2) is 10.4. The molecule has 0 N–H and O–H groups in total. The third kappa shape index (κ3) is 6.92. The van der Waals surface area contributed by atoms with E-state index in [0.29, 0.717) is 13.2 Å². The Kier molecular flexibility index (Phi) is 7.62. The molecule has 0 unspecified atom stereocenters. The van der Waals surface area contributed by atoms with E-state index in [2.05, 4.69) is 0 Å². The minimum Gasteiger partial charge on any atom is -0.468 e. The van der Waals surface area contributed by atoms with Crippen molar-refractivity contribution in [1.29, 1.82) is 0 Å². The second-order valence-electron chi connectivity index (χ2n) is 4.36. The van der Waals surface area contributed by atoms with Crippen LogP contribution in [0, 0.1) is 0 Å². The van der Waals surface area contributed by atoms with Gasteiger partial charge in [-0.2, -0.15) is 0 Å². The molecule has 0 heterocycles. The van der Waals surface area contributed by atoms with Crippen molar-refractivity contribution in [2.75, 3.05) is 26.8 Å². The fraction of sp³-hybridized carbons (Fsp3) is 0.222. The summed E-state index contributed by atoms with van der Waals surface area (Å²) >= 11 is 0. The topological polar surface area (TPSA) is 36.9 Å². The average molecular weight is 300 g/mol. The molecule has 2 rings (SSSR count). The molecule has 0 fully saturated rings. The van der Waals surface area contributed by atoms with E-state index < -0.39 is 0 Å². The van der Waals surface area contributed by atoms with Crippen LogP contribution in [0.1, 0.15) is 0 Å². The summed E-state index contributed by atoms with van der Waals surface area (Å²) in [6, 6.07) is 19.1. The molecule has 0 aliphatic rings. The SMILES string of the molecule is C(=CCOCOc1ccccc1)COCOc1ccccc1. The lowest BCUT2D eigenvalue weighted by Gasteiger charge is -2.05. The highest BCUT2D eigenvalue weighted by Gasteiger charge is 1.91. The lowest BCUT2D eigenvalue weighted by Crippen LogP contribution is -2.04. The van der Waals surface area contributed by atoms with Crippen LogP contribution in [0.3, 0.4) is 0 Å². The van der Waals surface area contributed by atoms with Crippen LogP contribution < -0.4 is 9.47 Å². The molecule has 0 bridgehead atoms. The third-order valence-electron chi connectivity index (χ3n) is 2.70. The highest BCUT2D eigenvalue weighted by molar-refractivity contribution is 5.21. The first-order valence-electron chi connectivity index (χ1n) is 7.11. The summed E-state index contributed by atoms with van der Waals surface area (Å²) in [6.07, 6.45) is 3.77. The zero-order valence-electron chi connectivity index (χ0n) is 12.4. The first-order chi connectivity index (χ1) is 10.9. The Morgan fingerprint density at radius 1 is 0.591 bits per heavy atom. The first kappa shape index (κ1) is 16.1. The zero-order chi connectivity index (χ0) is 15.3. The van der Waals surface area contributed by atoms with E-state index in [4.69, 9.17) is 18.9 Å². The van der Waals surface area contributed by atoms with Crippen LogP contribution >= 0.6 is 0 Å². The number of hydrogen-bond acceptors (Lipinski definition) is 4. The number of benzene rings is 2. The number of hydrogen-bond donors (Lipinski definition) is 0. The maximum absolute atomic E-state index is 5.39. The molecule has 0 saturated heterocycles. The van der Waals surface area contributed by atoms with Gasteiger partial charge in [0.15, 0.2) is 13.6 Å². The average Bonchev–Trinajstić information content (AvgIpc) is 2.58. The summed E-state index contributed by atoms with van der Waals surface area (Å²) in [4.78, 5) is 0. The Bertz CT molecular complexity index is 476. The summed E-state index contributed by atoms with van der Waals surface area (Å²) in [7, 11) is 0. The van der Waals surface area contributed by atoms with Crippen molar-refractivity contribution >= 4 is 0 Å². The Labute approximate surface area is 130 Å². The third-order valence-corrected chi connectivity index (χ3v) is 2.70. The highest BCUT2D eigenvalue weighted by Crippen LogP contribution is 2.08. The number of ether oxygens (including phenoxy) is 4. The van der Waals surface area contributed by atoms with E-state index in [0.717, 1.165) is 11.5 Å². The van der Waals surface area contributed by atoms with E-state index in [-0.39, 0.29) is 13.6 Å². The second-order valence-corrected chi connectivity index (χ2v) is 4.36. The van der Waals surface area contributed by atoms with Crippen LogP contribution in [0.5, 0.6) is 11.5 Å². The van der Waals surface area contributed by atoms with E-state index >= 15 is 0 Å². The number of rotatable bonds is 10. The Morgan fingerprint density at radius 3 is 1.41 bits per heavy atom. The van der Waals surface area contributed by atoms with Gasteiger partial charge in [0.1, 0.15) is 11.5 Å². The van der Waals surface area contributed by atoms with Crippen LogP contribution in [0.2, 0.25) is 0 Å². The predicted octanol–water partition coefficient (Wildman–Crippen LogP) is 3.65. The van der Waals surface area contributed by atoms with Crippen LogP contribution in [0.25, 0.3) is 0 Å². The maximum Gasteiger partial charge on any atom is 0.189 e. The van der Waals surface area contributed by atoms with E-state index in [9.17, 15) is 0 Å². The van der Waals surface area contributed by atoms with Gasteiger partial charge in [-0.3, -0.25) is 0 Å². The van der Waals surface area contributed by atoms with Crippen molar-refractivity contribution in [1.82, 2.24) is 0 Å². The van der Waals surface area contributed by atoms with Gasteiger partial charge in [0.25, 0.3) is 0 Å². The minimum atomic E-state index is 0.229. The molecule has 4 nitrogen and oxygen atoms in total. The standard InChI is InChI=1S/C18H20O4/c1-3-9-17(10-4-1)21-15-19-13-7-8-14-20-16-22-18-11-5-2-6-12-18/h1-12H,13-16H2. The van der Waals surface area contributed by atoms with Gasteiger partial charge in [0.2, 0.25) is 0 Å². The molecule has 4 heteroatoms. The maximum atomic E-state index is 5.39. The first-order valence-corrected chi connectivity index (χ1v) is 7.11. The van der Waals surface area contributed by atoms with Crippen molar-refractivity contribution in [2.24, 2.45) is 0 Å². The molecule has 0 atom stereocenters. The van der Waals surface area contributed by atoms with Gasteiger partial charge < -0.3 is 18.9 Å². The lowest BCUT2D eigenvalue weighted by atomic mass is 10.3. The van der Waals surface area contributed by atoms with E-state index in [1.807, 2.05) is 72.8 Å². The minimum absolute atomic E-state index is 0.229. The van der Waals surface area contributed by atoms with Crippen LogP contribution in [-0.2, 0) is 9.47 Å². The van der Waals surface area contributed by atoms with Crippen LogP contribution in [0.15, 0.2) is 72.8 Å². The van der Waals surface area contributed by atoms with E-state index in [1.165, 1.54) is 0 Å². The number of para-hydroxylation sites is 2. The molecule has 2 aromatic carbocycles. The summed E-state index contributed by atoms with van der Waals surface area (Å²) in [5.41, 5.74) is 0. The van der Waals surface area contributed by atoms with Crippen LogP contribution in [-0.4, -0.2) is 26.8 Å². The fourth-order valence-corrected chi connectivity index (χ4v) is 1.62. The molecular formula is C18H20O4. The summed E-state index contributed by atoms with van der Waals surface area (Å²) in [5.74, 6) is 1.60. The molecular weight excluding hydrogens is 280 g/mol. The molecule has 0 aliphatic carbocycles. The Morgan fingerprint density at radius 2 is 1.00 bits per heavy atom. The summed E-state index contributed by atoms with van der Waals surface area (Å²) in [5, 5.41) is 0. The molecule has 0 aliphatic heterocycles.